The summed E-state index contributed by atoms with van der Waals surface area (Å²) in [5.41, 5.74) is -0.785. The molecular weight excluding hydrogens is 351 g/mol. The van der Waals surface area contributed by atoms with Crippen LogP contribution >= 0.6 is 0 Å². The van der Waals surface area contributed by atoms with Crippen LogP contribution in [0.25, 0.3) is 0 Å². The summed E-state index contributed by atoms with van der Waals surface area (Å²) in [5, 5.41) is 12.8. The molecule has 0 saturated heterocycles. The van der Waals surface area contributed by atoms with Crippen molar-refractivity contribution < 1.29 is 22.7 Å². The molecule has 2 N–H and O–H groups in total. The van der Waals surface area contributed by atoms with Gasteiger partial charge in [0.1, 0.15) is 6.33 Å². The first-order chi connectivity index (χ1) is 12.3. The van der Waals surface area contributed by atoms with Crippen LogP contribution in [-0.4, -0.2) is 34.5 Å². The first kappa shape index (κ1) is 19.7. The highest BCUT2D eigenvalue weighted by molar-refractivity contribution is 5.89. The minimum absolute atomic E-state index is 0.0473. The van der Waals surface area contributed by atoms with Gasteiger partial charge in [0.25, 0.3) is 0 Å². The van der Waals surface area contributed by atoms with E-state index in [0.717, 1.165) is 18.6 Å². The van der Waals surface area contributed by atoms with E-state index in [2.05, 4.69) is 20.8 Å². The number of rotatable bonds is 7. The van der Waals surface area contributed by atoms with E-state index in [9.17, 15) is 18.0 Å². The molecule has 0 aliphatic carbocycles. The highest BCUT2D eigenvalue weighted by atomic mass is 19.4. The Morgan fingerprint density at radius 2 is 2.15 bits per heavy atom. The van der Waals surface area contributed by atoms with Gasteiger partial charge in [-0.2, -0.15) is 13.2 Å². The van der Waals surface area contributed by atoms with E-state index < -0.39 is 23.8 Å². The molecule has 1 atom stereocenters. The van der Waals surface area contributed by atoms with Gasteiger partial charge >= 0.3 is 12.2 Å². The second-order valence-electron chi connectivity index (χ2n) is 5.63. The summed E-state index contributed by atoms with van der Waals surface area (Å²) in [7, 11) is 1.61. The van der Waals surface area contributed by atoms with Gasteiger partial charge in [-0.1, -0.05) is 6.07 Å². The number of nitrogens with zero attached hydrogens (tertiary/aromatic N) is 3. The normalized spacial score (nSPS) is 12.7. The van der Waals surface area contributed by atoms with E-state index in [1.807, 2.05) is 0 Å². The summed E-state index contributed by atoms with van der Waals surface area (Å²) in [6.07, 6.45) is -2.17. The van der Waals surface area contributed by atoms with E-state index in [0.29, 0.717) is 19.0 Å². The third-order valence-electron chi connectivity index (χ3n) is 3.58. The van der Waals surface area contributed by atoms with Crippen LogP contribution < -0.4 is 10.6 Å². The average molecular weight is 371 g/mol. The molecule has 2 rings (SSSR count). The Labute approximate surface area is 148 Å². The zero-order valence-electron chi connectivity index (χ0n) is 14.4. The summed E-state index contributed by atoms with van der Waals surface area (Å²) in [6.45, 7) is 2.91. The van der Waals surface area contributed by atoms with E-state index in [1.165, 1.54) is 12.1 Å². The van der Waals surface area contributed by atoms with Crippen molar-refractivity contribution in [2.24, 2.45) is 0 Å². The molecule has 0 bridgehead atoms. The van der Waals surface area contributed by atoms with Gasteiger partial charge in [-0.3, -0.25) is 0 Å². The van der Waals surface area contributed by atoms with E-state index >= 15 is 0 Å². The SMILES string of the molecule is COCCCn1cnnc1[C@@H](C)NC(=O)Nc1cccc(C(F)(F)F)c1. The second-order valence-corrected chi connectivity index (χ2v) is 5.63. The summed E-state index contributed by atoms with van der Waals surface area (Å²) < 4.78 is 44.9. The number of aromatic nitrogens is 3. The Bertz CT molecular complexity index is 733. The molecule has 2 amide bonds. The molecule has 0 aliphatic rings. The summed E-state index contributed by atoms with van der Waals surface area (Å²) in [5.74, 6) is 0.542. The second kappa shape index (κ2) is 8.65. The average Bonchev–Trinajstić information content (AvgIpc) is 3.03. The molecule has 1 heterocycles. The van der Waals surface area contributed by atoms with Crippen LogP contribution in [0.4, 0.5) is 23.7 Å². The Morgan fingerprint density at radius 1 is 1.38 bits per heavy atom. The van der Waals surface area contributed by atoms with E-state index in [1.54, 1.807) is 24.9 Å². The number of amides is 2. The Morgan fingerprint density at radius 3 is 2.85 bits per heavy atom. The van der Waals surface area contributed by atoms with Crippen molar-refractivity contribution in [1.82, 2.24) is 20.1 Å². The van der Waals surface area contributed by atoms with Crippen LogP contribution in [0.3, 0.4) is 0 Å². The number of benzene rings is 1. The number of methoxy groups -OCH3 is 1. The molecule has 26 heavy (non-hydrogen) atoms. The topological polar surface area (TPSA) is 81.1 Å². The highest BCUT2D eigenvalue weighted by Gasteiger charge is 2.30. The van der Waals surface area contributed by atoms with Crippen molar-refractivity contribution >= 4 is 11.7 Å². The van der Waals surface area contributed by atoms with Gasteiger partial charge in [0.05, 0.1) is 11.6 Å². The van der Waals surface area contributed by atoms with Crippen molar-refractivity contribution in [3.63, 3.8) is 0 Å². The Balaban J connectivity index is 1.97. The number of hydrogen-bond donors (Lipinski definition) is 2. The zero-order valence-corrected chi connectivity index (χ0v) is 14.4. The number of aryl methyl sites for hydroxylation is 1. The fraction of sp³-hybridized carbons (Fsp3) is 0.438. The van der Waals surface area contributed by atoms with Gasteiger partial charge < -0.3 is 19.9 Å². The van der Waals surface area contributed by atoms with Crippen LogP contribution in [0, 0.1) is 0 Å². The molecule has 142 valence electrons. The van der Waals surface area contributed by atoms with Crippen molar-refractivity contribution in [3.05, 3.63) is 42.0 Å². The largest absolute Gasteiger partial charge is 0.416 e. The van der Waals surface area contributed by atoms with Crippen molar-refractivity contribution in [2.45, 2.75) is 32.1 Å². The molecule has 0 fully saturated rings. The summed E-state index contributed by atoms with van der Waals surface area (Å²) in [4.78, 5) is 12.1. The molecule has 1 aromatic carbocycles. The number of ether oxygens (including phenoxy) is 1. The lowest BCUT2D eigenvalue weighted by Gasteiger charge is -2.16. The number of carbonyl (C=O) groups excluding carboxylic acids is 1. The van der Waals surface area contributed by atoms with Gasteiger partial charge in [0.15, 0.2) is 5.82 Å². The zero-order chi connectivity index (χ0) is 19.2. The fourth-order valence-electron chi connectivity index (χ4n) is 2.35. The molecule has 0 unspecified atom stereocenters. The number of hydrogen-bond acceptors (Lipinski definition) is 4. The van der Waals surface area contributed by atoms with E-state index in [4.69, 9.17) is 4.74 Å². The van der Waals surface area contributed by atoms with Crippen molar-refractivity contribution in [3.8, 4) is 0 Å². The lowest BCUT2D eigenvalue weighted by molar-refractivity contribution is -0.137. The molecule has 10 heteroatoms. The maximum atomic E-state index is 12.7. The third kappa shape index (κ3) is 5.45. The van der Waals surface area contributed by atoms with Gasteiger partial charge in [0, 0.05) is 25.9 Å². The number of carbonyl (C=O) groups is 1. The lowest BCUT2D eigenvalue weighted by Crippen LogP contribution is -2.32. The van der Waals surface area contributed by atoms with Crippen LogP contribution in [-0.2, 0) is 17.5 Å². The predicted octanol–water partition coefficient (Wildman–Crippen LogP) is 3.22. The van der Waals surface area contributed by atoms with Gasteiger partial charge in [-0.05, 0) is 31.5 Å². The number of anilines is 1. The summed E-state index contributed by atoms with van der Waals surface area (Å²) >= 11 is 0. The summed E-state index contributed by atoms with van der Waals surface area (Å²) in [6, 6.07) is 3.31. The maximum Gasteiger partial charge on any atom is 0.416 e. The molecule has 0 radical (unpaired) electrons. The van der Waals surface area contributed by atoms with Crippen molar-refractivity contribution in [1.29, 1.82) is 0 Å². The first-order valence-corrected chi connectivity index (χ1v) is 7.92. The smallest absolute Gasteiger partial charge is 0.385 e. The number of urea groups is 1. The first-order valence-electron chi connectivity index (χ1n) is 7.92. The van der Waals surface area contributed by atoms with E-state index in [-0.39, 0.29) is 5.69 Å². The molecule has 2 aromatic rings. The number of alkyl halides is 3. The van der Waals surface area contributed by atoms with Crippen LogP contribution in [0.2, 0.25) is 0 Å². The van der Waals surface area contributed by atoms with Gasteiger partial charge in [0.2, 0.25) is 0 Å². The van der Waals surface area contributed by atoms with Crippen LogP contribution in [0.5, 0.6) is 0 Å². The molecule has 7 nitrogen and oxygen atoms in total. The number of halogens is 3. The predicted molar refractivity (Wildman–Crippen MR) is 88.5 cm³/mol. The minimum atomic E-state index is -4.47. The maximum absolute atomic E-state index is 12.7. The number of nitrogens with one attached hydrogen (secondary N) is 2. The minimum Gasteiger partial charge on any atom is -0.385 e. The molecule has 1 aromatic heterocycles. The molecule has 0 spiro atoms. The standard InChI is InChI=1S/C16H20F3N5O2/c1-11(14-23-20-10-24(14)7-4-8-26-2)21-15(25)22-13-6-3-5-12(9-13)16(17,18)19/h3,5-6,9-11H,4,7-8H2,1-2H3,(H2,21,22,25)/t11-/m1/s1. The van der Waals surface area contributed by atoms with Crippen LogP contribution in [0.15, 0.2) is 30.6 Å². The van der Waals surface area contributed by atoms with Gasteiger partial charge in [-0.25, -0.2) is 4.79 Å². The molecule has 0 saturated carbocycles. The molecular formula is C16H20F3N5O2. The lowest BCUT2D eigenvalue weighted by atomic mass is 10.2. The van der Waals surface area contributed by atoms with Crippen molar-refractivity contribution in [2.75, 3.05) is 19.0 Å². The third-order valence-corrected chi connectivity index (χ3v) is 3.58. The quantitative estimate of drug-likeness (QED) is 0.733. The fourth-order valence-corrected chi connectivity index (χ4v) is 2.35. The Kier molecular flexibility index (Phi) is 6.56. The monoisotopic (exact) mass is 371 g/mol. The van der Waals surface area contributed by atoms with Gasteiger partial charge in [-0.15, -0.1) is 10.2 Å². The highest BCUT2D eigenvalue weighted by Crippen LogP contribution is 2.30. The van der Waals surface area contributed by atoms with Crippen LogP contribution in [0.1, 0.15) is 30.8 Å². The molecule has 0 aliphatic heterocycles. The Hall–Kier alpha value is -2.62.